The minimum atomic E-state index is 0.720. The van der Waals surface area contributed by atoms with Gasteiger partial charge in [0.1, 0.15) is 0 Å². The maximum Gasteiger partial charge on any atom is 0.0108 e. The molecule has 1 aromatic rings. The lowest BCUT2D eigenvalue weighted by Gasteiger charge is -2.17. The van der Waals surface area contributed by atoms with Crippen LogP contribution in [0.4, 0.5) is 0 Å². The molecule has 1 aliphatic carbocycles. The van der Waals surface area contributed by atoms with Crippen LogP contribution >= 0.6 is 11.8 Å². The Morgan fingerprint density at radius 1 is 1.38 bits per heavy atom. The molecule has 1 heterocycles. The summed E-state index contributed by atoms with van der Waals surface area (Å²) in [6.07, 6.45) is 2.87. The van der Waals surface area contributed by atoms with Crippen LogP contribution in [0.15, 0.2) is 29.2 Å². The van der Waals surface area contributed by atoms with Crippen molar-refractivity contribution in [1.82, 2.24) is 5.32 Å². The first-order chi connectivity index (χ1) is 7.84. The summed E-state index contributed by atoms with van der Waals surface area (Å²) in [4.78, 5) is 1.49. The predicted octanol–water partition coefficient (Wildman–Crippen LogP) is 3.26. The van der Waals surface area contributed by atoms with Gasteiger partial charge in [-0.05, 0) is 37.3 Å². The Kier molecular flexibility index (Phi) is 2.95. The van der Waals surface area contributed by atoms with Gasteiger partial charge in [-0.25, -0.2) is 0 Å². The fourth-order valence-electron chi connectivity index (χ4n) is 2.49. The molecule has 0 amide bonds. The fourth-order valence-corrected chi connectivity index (χ4v) is 3.74. The summed E-state index contributed by atoms with van der Waals surface area (Å²) < 4.78 is 0. The summed E-state index contributed by atoms with van der Waals surface area (Å²) in [5.41, 5.74) is 1.56. The zero-order valence-electron chi connectivity index (χ0n) is 9.78. The molecular weight excluding hydrogens is 214 g/mol. The molecule has 0 spiro atoms. The highest BCUT2D eigenvalue weighted by Gasteiger charge is 2.29. The van der Waals surface area contributed by atoms with E-state index in [2.05, 4.69) is 36.5 Å². The molecule has 1 aliphatic heterocycles. The van der Waals surface area contributed by atoms with Gasteiger partial charge in [-0.1, -0.05) is 18.2 Å². The van der Waals surface area contributed by atoms with Crippen molar-refractivity contribution in [1.29, 1.82) is 0 Å². The molecule has 1 aromatic carbocycles. The third-order valence-corrected chi connectivity index (χ3v) is 5.07. The van der Waals surface area contributed by atoms with Gasteiger partial charge in [0.05, 0.1) is 0 Å². The van der Waals surface area contributed by atoms with Crippen LogP contribution in [0.3, 0.4) is 0 Å². The number of thioether (sulfide) groups is 1. The Hall–Kier alpha value is -0.470. The largest absolute Gasteiger partial charge is 0.313 e. The van der Waals surface area contributed by atoms with Crippen LogP contribution in [0.25, 0.3) is 0 Å². The zero-order chi connectivity index (χ0) is 11.0. The number of rotatable bonds is 4. The summed E-state index contributed by atoms with van der Waals surface area (Å²) in [5, 5.41) is 3.71. The molecule has 0 radical (unpaired) electrons. The third kappa shape index (κ3) is 2.14. The van der Waals surface area contributed by atoms with Crippen molar-refractivity contribution in [3.8, 4) is 0 Å². The van der Waals surface area contributed by atoms with Crippen molar-refractivity contribution >= 4 is 11.8 Å². The lowest BCUT2D eigenvalue weighted by Crippen LogP contribution is -2.31. The van der Waals surface area contributed by atoms with Gasteiger partial charge in [-0.3, -0.25) is 0 Å². The molecule has 2 atom stereocenters. The molecule has 3 rings (SSSR count). The molecule has 0 bridgehead atoms. The number of benzene rings is 1. The maximum absolute atomic E-state index is 3.71. The Labute approximate surface area is 102 Å². The normalized spacial score (nSPS) is 25.4. The molecule has 1 nitrogen and oxygen atoms in total. The van der Waals surface area contributed by atoms with Crippen LogP contribution in [0, 0.1) is 5.92 Å². The quantitative estimate of drug-likeness (QED) is 0.856. The monoisotopic (exact) mass is 233 g/mol. The average Bonchev–Trinajstić information content (AvgIpc) is 3.08. The van der Waals surface area contributed by atoms with Crippen LogP contribution in [0.2, 0.25) is 0 Å². The molecule has 1 N–H and O–H groups in total. The Morgan fingerprint density at radius 3 is 3.00 bits per heavy atom. The van der Waals surface area contributed by atoms with Crippen LogP contribution < -0.4 is 5.32 Å². The standard InChI is InChI=1S/C14H19NS/c1-10(11-6-7-11)15-8-12-9-16-14-5-3-2-4-13(12)14/h2-5,10-12,15H,6-9H2,1H3. The minimum absolute atomic E-state index is 0.720. The average molecular weight is 233 g/mol. The van der Waals surface area contributed by atoms with Crippen LogP contribution in [-0.4, -0.2) is 18.3 Å². The number of hydrogen-bond acceptors (Lipinski definition) is 2. The second-order valence-electron chi connectivity index (χ2n) is 5.08. The molecule has 86 valence electrons. The van der Waals surface area contributed by atoms with Gasteiger partial charge in [-0.15, -0.1) is 11.8 Å². The second-order valence-corrected chi connectivity index (χ2v) is 6.14. The van der Waals surface area contributed by atoms with E-state index >= 15 is 0 Å². The van der Waals surface area contributed by atoms with E-state index in [1.54, 1.807) is 5.56 Å². The number of nitrogens with one attached hydrogen (secondary N) is 1. The van der Waals surface area contributed by atoms with Crippen LogP contribution in [0.5, 0.6) is 0 Å². The highest BCUT2D eigenvalue weighted by Crippen LogP contribution is 2.39. The summed E-state index contributed by atoms with van der Waals surface area (Å²) in [6, 6.07) is 9.59. The van der Waals surface area contributed by atoms with Gasteiger partial charge in [-0.2, -0.15) is 0 Å². The molecule has 2 aliphatic rings. The lowest BCUT2D eigenvalue weighted by molar-refractivity contribution is 0.479. The fraction of sp³-hybridized carbons (Fsp3) is 0.571. The van der Waals surface area contributed by atoms with Gasteiger partial charge in [0, 0.05) is 29.2 Å². The lowest BCUT2D eigenvalue weighted by atomic mass is 10.0. The van der Waals surface area contributed by atoms with E-state index < -0.39 is 0 Å². The van der Waals surface area contributed by atoms with E-state index in [1.165, 1.54) is 23.5 Å². The van der Waals surface area contributed by atoms with E-state index in [0.29, 0.717) is 0 Å². The molecule has 2 heteroatoms. The molecule has 16 heavy (non-hydrogen) atoms. The topological polar surface area (TPSA) is 12.0 Å². The van der Waals surface area contributed by atoms with E-state index in [4.69, 9.17) is 0 Å². The van der Waals surface area contributed by atoms with E-state index in [0.717, 1.165) is 24.4 Å². The SMILES string of the molecule is CC(NCC1CSc2ccccc21)C1CC1. The van der Waals surface area contributed by atoms with Gasteiger partial charge in [0.25, 0.3) is 0 Å². The van der Waals surface area contributed by atoms with Crippen LogP contribution in [0.1, 0.15) is 31.2 Å². The van der Waals surface area contributed by atoms with Crippen molar-refractivity contribution in [2.75, 3.05) is 12.3 Å². The van der Waals surface area contributed by atoms with Crippen LogP contribution in [-0.2, 0) is 0 Å². The molecule has 0 saturated heterocycles. The van der Waals surface area contributed by atoms with Gasteiger partial charge >= 0.3 is 0 Å². The Morgan fingerprint density at radius 2 is 2.19 bits per heavy atom. The molecule has 2 unspecified atom stereocenters. The summed E-state index contributed by atoms with van der Waals surface area (Å²) in [6.45, 7) is 3.49. The first kappa shape index (κ1) is 10.7. The molecule has 0 aromatic heterocycles. The van der Waals surface area contributed by atoms with Crippen molar-refractivity contribution in [2.24, 2.45) is 5.92 Å². The van der Waals surface area contributed by atoms with E-state index in [9.17, 15) is 0 Å². The zero-order valence-corrected chi connectivity index (χ0v) is 10.6. The van der Waals surface area contributed by atoms with Gasteiger partial charge in [0.15, 0.2) is 0 Å². The predicted molar refractivity (Wildman–Crippen MR) is 70.1 cm³/mol. The first-order valence-electron chi connectivity index (χ1n) is 6.29. The summed E-state index contributed by atoms with van der Waals surface area (Å²) in [7, 11) is 0. The van der Waals surface area contributed by atoms with Gasteiger partial charge < -0.3 is 5.32 Å². The maximum atomic E-state index is 3.71. The van der Waals surface area contributed by atoms with Crippen molar-refractivity contribution in [3.63, 3.8) is 0 Å². The molecular formula is C14H19NS. The second kappa shape index (κ2) is 4.42. The minimum Gasteiger partial charge on any atom is -0.313 e. The third-order valence-electron chi connectivity index (χ3n) is 3.81. The van der Waals surface area contributed by atoms with E-state index in [-0.39, 0.29) is 0 Å². The highest BCUT2D eigenvalue weighted by atomic mass is 32.2. The van der Waals surface area contributed by atoms with Crippen molar-refractivity contribution in [2.45, 2.75) is 36.6 Å². The summed E-state index contributed by atoms with van der Waals surface area (Å²) in [5.74, 6) is 2.94. The Bertz CT molecular complexity index is 373. The summed E-state index contributed by atoms with van der Waals surface area (Å²) >= 11 is 2.01. The Balaban J connectivity index is 1.60. The molecule has 1 saturated carbocycles. The van der Waals surface area contributed by atoms with Gasteiger partial charge in [0.2, 0.25) is 0 Å². The smallest absolute Gasteiger partial charge is 0.0108 e. The number of fused-ring (bicyclic) bond motifs is 1. The van der Waals surface area contributed by atoms with E-state index in [1.807, 2.05) is 11.8 Å². The van der Waals surface area contributed by atoms with Crippen molar-refractivity contribution in [3.05, 3.63) is 29.8 Å². The highest BCUT2D eigenvalue weighted by molar-refractivity contribution is 7.99. The first-order valence-corrected chi connectivity index (χ1v) is 7.28. The van der Waals surface area contributed by atoms with Crippen molar-refractivity contribution < 1.29 is 0 Å². The number of hydrogen-bond donors (Lipinski definition) is 1. The molecule has 1 fully saturated rings.